The highest BCUT2D eigenvalue weighted by atomic mass is 19.4. The van der Waals surface area contributed by atoms with Crippen molar-refractivity contribution in [3.63, 3.8) is 0 Å². The Morgan fingerprint density at radius 2 is 2.05 bits per heavy atom. The van der Waals surface area contributed by atoms with Gasteiger partial charge in [-0.2, -0.15) is 13.2 Å². The van der Waals surface area contributed by atoms with Crippen molar-refractivity contribution < 1.29 is 22.7 Å². The number of carbonyl (C=O) groups excluding carboxylic acids is 1. The normalized spacial score (nSPS) is 17.4. The van der Waals surface area contributed by atoms with Gasteiger partial charge in [0.25, 0.3) is 5.78 Å². The molecule has 0 N–H and O–H groups in total. The number of halogens is 3. The second kappa shape index (κ2) is 4.95. The summed E-state index contributed by atoms with van der Waals surface area (Å²) in [5.74, 6) is -1.02. The number of nitrogens with zero attached hydrogens (tertiary/aromatic N) is 1. The van der Waals surface area contributed by atoms with Crippen molar-refractivity contribution in [2.75, 3.05) is 0 Å². The Kier molecular flexibility index (Phi) is 3.23. The number of ether oxygens (including phenoxy) is 1. The molecule has 0 saturated heterocycles. The van der Waals surface area contributed by atoms with Gasteiger partial charge in [0.05, 0.1) is 6.54 Å². The van der Waals surface area contributed by atoms with Crippen molar-refractivity contribution in [1.29, 1.82) is 0 Å². The smallest absolute Gasteiger partial charge is 0.454 e. The zero-order valence-electron chi connectivity index (χ0n) is 10.9. The molecule has 0 amide bonds. The van der Waals surface area contributed by atoms with Gasteiger partial charge < -0.3 is 9.30 Å². The van der Waals surface area contributed by atoms with Crippen LogP contribution in [0.4, 0.5) is 13.2 Å². The van der Waals surface area contributed by atoms with Crippen LogP contribution in [0.3, 0.4) is 0 Å². The lowest BCUT2D eigenvalue weighted by molar-refractivity contribution is -0.0885. The summed E-state index contributed by atoms with van der Waals surface area (Å²) in [6, 6.07) is 8.79. The molecule has 3 nitrogen and oxygen atoms in total. The van der Waals surface area contributed by atoms with E-state index in [4.69, 9.17) is 4.74 Å². The van der Waals surface area contributed by atoms with Crippen LogP contribution < -0.4 is 4.74 Å². The number of hydrogen-bond acceptors (Lipinski definition) is 2. The molecular weight excluding hydrogens is 283 g/mol. The first-order valence-corrected chi connectivity index (χ1v) is 6.45. The zero-order valence-corrected chi connectivity index (χ0v) is 10.9. The standard InChI is InChI=1S/C15H12F3NO2/c16-15(17,18)14(20)11-5-6-19(8-11)9-12-7-10-3-1-2-4-13(10)21-12/h1-6,8,12H,7,9H2. The number of hydrogen-bond donors (Lipinski definition) is 0. The molecule has 0 bridgehead atoms. The maximum absolute atomic E-state index is 12.3. The Balaban J connectivity index is 1.68. The molecule has 0 saturated carbocycles. The molecule has 110 valence electrons. The molecule has 1 atom stereocenters. The monoisotopic (exact) mass is 295 g/mol. The molecule has 1 aromatic carbocycles. The van der Waals surface area contributed by atoms with E-state index in [0.717, 1.165) is 11.3 Å². The quantitative estimate of drug-likeness (QED) is 0.814. The van der Waals surface area contributed by atoms with Crippen LogP contribution in [0.1, 0.15) is 15.9 Å². The number of para-hydroxylation sites is 1. The van der Waals surface area contributed by atoms with Crippen molar-refractivity contribution in [2.45, 2.75) is 25.2 Å². The summed E-state index contributed by atoms with van der Waals surface area (Å²) in [6.07, 6.45) is -1.60. The number of aromatic nitrogens is 1. The molecule has 0 radical (unpaired) electrons. The van der Waals surface area contributed by atoms with Gasteiger partial charge in [-0.1, -0.05) is 18.2 Å². The van der Waals surface area contributed by atoms with E-state index in [9.17, 15) is 18.0 Å². The molecule has 2 heterocycles. The van der Waals surface area contributed by atoms with E-state index < -0.39 is 12.0 Å². The summed E-state index contributed by atoms with van der Waals surface area (Å²) in [6.45, 7) is 0.403. The molecule has 0 fully saturated rings. The third-order valence-electron chi connectivity index (χ3n) is 3.40. The van der Waals surface area contributed by atoms with E-state index in [1.807, 2.05) is 24.3 Å². The van der Waals surface area contributed by atoms with Crippen molar-refractivity contribution >= 4 is 5.78 Å². The minimum absolute atomic E-state index is 0.136. The number of carbonyl (C=O) groups is 1. The summed E-state index contributed by atoms with van der Waals surface area (Å²) in [4.78, 5) is 11.1. The third kappa shape index (κ3) is 2.79. The van der Waals surface area contributed by atoms with E-state index in [1.54, 1.807) is 4.57 Å². The van der Waals surface area contributed by atoms with Crippen LogP contribution in [-0.4, -0.2) is 22.6 Å². The predicted octanol–water partition coefficient (Wildman–Crippen LogP) is 3.24. The average Bonchev–Trinajstić information content (AvgIpc) is 3.03. The first-order chi connectivity index (χ1) is 9.93. The lowest BCUT2D eigenvalue weighted by atomic mass is 10.1. The fraction of sp³-hybridized carbons (Fsp3) is 0.267. The number of ketones is 1. The topological polar surface area (TPSA) is 31.2 Å². The van der Waals surface area contributed by atoms with Gasteiger partial charge in [0, 0.05) is 24.4 Å². The zero-order chi connectivity index (χ0) is 15.0. The Hall–Kier alpha value is -2.24. The molecule has 0 spiro atoms. The summed E-state index contributed by atoms with van der Waals surface area (Å²) in [7, 11) is 0. The Labute approximate surface area is 118 Å². The number of alkyl halides is 3. The molecule has 3 rings (SSSR count). The maximum Gasteiger partial charge on any atom is 0.454 e. The second-order valence-electron chi connectivity index (χ2n) is 4.98. The van der Waals surface area contributed by atoms with Gasteiger partial charge in [-0.25, -0.2) is 0 Å². The molecule has 1 unspecified atom stereocenters. The van der Waals surface area contributed by atoms with E-state index in [0.29, 0.717) is 13.0 Å². The first kappa shape index (κ1) is 13.7. The Morgan fingerprint density at radius 1 is 1.29 bits per heavy atom. The highest BCUT2D eigenvalue weighted by Crippen LogP contribution is 2.29. The molecule has 1 aliphatic rings. The Bertz CT molecular complexity index is 651. The van der Waals surface area contributed by atoms with E-state index >= 15 is 0 Å². The molecule has 6 heteroatoms. The molecule has 0 aliphatic carbocycles. The van der Waals surface area contributed by atoms with Crippen LogP contribution in [0, 0.1) is 0 Å². The summed E-state index contributed by atoms with van der Waals surface area (Å²) < 4.78 is 44.3. The van der Waals surface area contributed by atoms with E-state index in [-0.39, 0.29) is 11.7 Å². The minimum Gasteiger partial charge on any atom is -0.488 e. The van der Waals surface area contributed by atoms with Gasteiger partial charge in [-0.05, 0) is 17.7 Å². The Morgan fingerprint density at radius 3 is 2.76 bits per heavy atom. The lowest BCUT2D eigenvalue weighted by Gasteiger charge is -2.11. The van der Waals surface area contributed by atoms with Crippen LogP contribution in [0.5, 0.6) is 5.75 Å². The van der Waals surface area contributed by atoms with Crippen LogP contribution >= 0.6 is 0 Å². The van der Waals surface area contributed by atoms with Crippen molar-refractivity contribution in [3.05, 3.63) is 53.9 Å². The van der Waals surface area contributed by atoms with Gasteiger partial charge in [0.1, 0.15) is 11.9 Å². The number of fused-ring (bicyclic) bond motifs is 1. The lowest BCUT2D eigenvalue weighted by Crippen LogP contribution is -2.23. The summed E-state index contributed by atoms with van der Waals surface area (Å²) in [5, 5.41) is 0. The van der Waals surface area contributed by atoms with E-state index in [1.165, 1.54) is 18.5 Å². The molecular formula is C15H12F3NO2. The fourth-order valence-electron chi connectivity index (χ4n) is 2.44. The van der Waals surface area contributed by atoms with Gasteiger partial charge in [-0.3, -0.25) is 4.79 Å². The molecule has 1 aliphatic heterocycles. The van der Waals surface area contributed by atoms with Crippen LogP contribution in [0.15, 0.2) is 42.7 Å². The molecule has 1 aromatic heterocycles. The molecule has 21 heavy (non-hydrogen) atoms. The minimum atomic E-state index is -4.84. The SMILES string of the molecule is O=C(c1ccn(CC2Cc3ccccc3O2)c1)C(F)(F)F. The highest BCUT2D eigenvalue weighted by molar-refractivity contribution is 6.00. The largest absolute Gasteiger partial charge is 0.488 e. The van der Waals surface area contributed by atoms with Gasteiger partial charge in [0.2, 0.25) is 0 Å². The van der Waals surface area contributed by atoms with Crippen LogP contribution in [0.25, 0.3) is 0 Å². The maximum atomic E-state index is 12.3. The number of rotatable bonds is 3. The third-order valence-corrected chi connectivity index (χ3v) is 3.40. The van der Waals surface area contributed by atoms with Gasteiger partial charge >= 0.3 is 6.18 Å². The van der Waals surface area contributed by atoms with E-state index in [2.05, 4.69) is 0 Å². The number of benzene rings is 1. The predicted molar refractivity (Wildman–Crippen MR) is 69.4 cm³/mol. The van der Waals surface area contributed by atoms with Crippen molar-refractivity contribution in [2.24, 2.45) is 0 Å². The summed E-state index contributed by atoms with van der Waals surface area (Å²) >= 11 is 0. The first-order valence-electron chi connectivity index (χ1n) is 6.45. The van der Waals surface area contributed by atoms with Gasteiger partial charge in [0.15, 0.2) is 0 Å². The summed E-state index contributed by atoms with van der Waals surface area (Å²) in [5.41, 5.74) is 0.735. The van der Waals surface area contributed by atoms with Crippen molar-refractivity contribution in [1.82, 2.24) is 4.57 Å². The average molecular weight is 295 g/mol. The second-order valence-corrected chi connectivity index (χ2v) is 4.98. The fourth-order valence-corrected chi connectivity index (χ4v) is 2.44. The highest BCUT2D eigenvalue weighted by Gasteiger charge is 2.39. The van der Waals surface area contributed by atoms with Gasteiger partial charge in [-0.15, -0.1) is 0 Å². The van der Waals surface area contributed by atoms with Crippen molar-refractivity contribution in [3.8, 4) is 5.75 Å². The molecule has 2 aromatic rings. The number of Topliss-reactive ketones (excluding diaryl/α,β-unsaturated/α-hetero) is 1. The van der Waals surface area contributed by atoms with Crippen LogP contribution in [-0.2, 0) is 13.0 Å². The van der Waals surface area contributed by atoms with Crippen LogP contribution in [0.2, 0.25) is 0 Å².